The monoisotopic (exact) mass is 379 g/mol. The number of halogens is 1. The molecule has 0 aliphatic carbocycles. The number of nitrogens with one attached hydrogen (secondary N) is 1. The van der Waals surface area contributed by atoms with Gasteiger partial charge in [-0.1, -0.05) is 11.6 Å². The van der Waals surface area contributed by atoms with Crippen molar-refractivity contribution >= 4 is 41.1 Å². The molecule has 0 fully saturated rings. The van der Waals surface area contributed by atoms with E-state index in [1.165, 1.54) is 0 Å². The van der Waals surface area contributed by atoms with Gasteiger partial charge in [-0.15, -0.1) is 0 Å². The second-order valence-electron chi connectivity index (χ2n) is 5.51. The zero-order valence-electron chi connectivity index (χ0n) is 13.8. The number of anilines is 1. The van der Waals surface area contributed by atoms with Crippen molar-refractivity contribution in [1.29, 1.82) is 0 Å². The summed E-state index contributed by atoms with van der Waals surface area (Å²) in [5.74, 6) is 1.68. The molecule has 25 heavy (non-hydrogen) atoms. The van der Waals surface area contributed by atoms with Crippen molar-refractivity contribution in [2.45, 2.75) is 31.3 Å². The first kappa shape index (κ1) is 17.8. The number of carbonyl (C=O) groups is 2. The number of amides is 1. The first-order valence-corrected chi connectivity index (χ1v) is 9.51. The Hall–Kier alpha value is -1.99. The average molecular weight is 380 g/mol. The fourth-order valence-corrected chi connectivity index (χ4v) is 3.71. The van der Waals surface area contributed by atoms with Crippen molar-refractivity contribution in [3.63, 3.8) is 0 Å². The highest BCUT2D eigenvalue weighted by Gasteiger charge is 2.24. The third kappa shape index (κ3) is 4.16. The molecule has 0 saturated heterocycles. The van der Waals surface area contributed by atoms with Gasteiger partial charge in [0, 0.05) is 28.5 Å². The van der Waals surface area contributed by atoms with E-state index in [9.17, 15) is 9.59 Å². The molecule has 0 atom stereocenters. The number of thioether (sulfide) groups is 1. The molecule has 1 N–H and O–H groups in total. The lowest BCUT2D eigenvalue weighted by Crippen LogP contribution is -2.17. The Morgan fingerprint density at radius 2 is 2.04 bits per heavy atom. The van der Waals surface area contributed by atoms with Crippen LogP contribution in [0.3, 0.4) is 0 Å². The van der Waals surface area contributed by atoms with Crippen LogP contribution in [0, 0.1) is 0 Å². The molecule has 1 aromatic carbocycles. The lowest BCUT2D eigenvalue weighted by atomic mass is 10.2. The average Bonchev–Trinajstić information content (AvgIpc) is 3.17. The fourth-order valence-electron chi connectivity index (χ4n) is 2.55. The molecular weight excluding hydrogens is 362 g/mol. The van der Waals surface area contributed by atoms with Crippen LogP contribution in [-0.4, -0.2) is 28.3 Å². The molecule has 2 aromatic rings. The molecule has 1 aliphatic rings. The first-order valence-electron chi connectivity index (χ1n) is 7.98. The molecule has 0 bridgehead atoms. The Kier molecular flexibility index (Phi) is 5.65. The molecule has 2 heterocycles. The van der Waals surface area contributed by atoms with Crippen LogP contribution in [0.25, 0.3) is 5.69 Å². The minimum absolute atomic E-state index is 0.0612. The van der Waals surface area contributed by atoms with Crippen molar-refractivity contribution < 1.29 is 14.3 Å². The summed E-state index contributed by atoms with van der Waals surface area (Å²) in [6.07, 6.45) is 0.137. The minimum Gasteiger partial charge on any atom is -0.466 e. The van der Waals surface area contributed by atoms with Gasteiger partial charge >= 0.3 is 5.97 Å². The van der Waals surface area contributed by atoms with E-state index >= 15 is 0 Å². The van der Waals surface area contributed by atoms with Crippen LogP contribution in [0.2, 0.25) is 5.02 Å². The number of hydrogen-bond donors (Lipinski definition) is 1. The van der Waals surface area contributed by atoms with Gasteiger partial charge in [0.05, 0.1) is 24.4 Å². The second kappa shape index (κ2) is 7.93. The number of carbonyl (C=O) groups excluding carboxylic acids is 2. The van der Waals surface area contributed by atoms with E-state index in [0.717, 1.165) is 28.5 Å². The number of esters is 1. The molecule has 8 heteroatoms. The fraction of sp³-hybridized carbons (Fsp3) is 0.353. The Labute approximate surface area is 154 Å². The summed E-state index contributed by atoms with van der Waals surface area (Å²) in [4.78, 5) is 23.7. The van der Waals surface area contributed by atoms with Crippen LogP contribution >= 0.6 is 23.4 Å². The quantitative estimate of drug-likeness (QED) is 0.777. The van der Waals surface area contributed by atoms with E-state index in [4.69, 9.17) is 16.3 Å². The van der Waals surface area contributed by atoms with Crippen LogP contribution in [-0.2, 0) is 25.8 Å². The van der Waals surface area contributed by atoms with E-state index < -0.39 is 0 Å². The largest absolute Gasteiger partial charge is 0.466 e. The van der Waals surface area contributed by atoms with Crippen LogP contribution in [0.5, 0.6) is 0 Å². The lowest BCUT2D eigenvalue weighted by molar-refractivity contribution is -0.144. The first-order chi connectivity index (χ1) is 12.1. The SMILES string of the molecule is CCOC(=O)CCC(=O)Nc1c2c(nn1-c1ccc(Cl)cc1)CSC2. The standard InChI is InChI=1S/C17H18ClN3O3S/c1-2-24-16(23)8-7-15(22)19-17-13-9-25-10-14(13)20-21(17)12-5-3-11(18)4-6-12/h3-6H,2,7-10H2,1H3,(H,19,22). The van der Waals surface area contributed by atoms with Crippen molar-refractivity contribution in [2.75, 3.05) is 11.9 Å². The summed E-state index contributed by atoms with van der Waals surface area (Å²) >= 11 is 7.71. The Morgan fingerprint density at radius 3 is 2.76 bits per heavy atom. The van der Waals surface area contributed by atoms with Gasteiger partial charge in [-0.2, -0.15) is 16.9 Å². The lowest BCUT2D eigenvalue weighted by Gasteiger charge is -2.11. The third-order valence-electron chi connectivity index (χ3n) is 3.74. The summed E-state index contributed by atoms with van der Waals surface area (Å²) in [5, 5.41) is 8.16. The molecule has 1 amide bonds. The smallest absolute Gasteiger partial charge is 0.306 e. The summed E-state index contributed by atoms with van der Waals surface area (Å²) in [7, 11) is 0. The van der Waals surface area contributed by atoms with Gasteiger partial charge in [0.25, 0.3) is 0 Å². The van der Waals surface area contributed by atoms with E-state index in [0.29, 0.717) is 17.4 Å². The predicted molar refractivity (Wildman–Crippen MR) is 98.1 cm³/mol. The predicted octanol–water partition coefficient (Wildman–Crippen LogP) is 3.55. The number of hydrogen-bond acceptors (Lipinski definition) is 5. The van der Waals surface area contributed by atoms with Gasteiger partial charge in [-0.25, -0.2) is 4.68 Å². The molecule has 1 aromatic heterocycles. The highest BCUT2D eigenvalue weighted by Crippen LogP contribution is 2.36. The van der Waals surface area contributed by atoms with Crippen molar-refractivity contribution in [1.82, 2.24) is 9.78 Å². The van der Waals surface area contributed by atoms with Gasteiger partial charge in [-0.05, 0) is 31.2 Å². The van der Waals surface area contributed by atoms with Gasteiger partial charge in [0.2, 0.25) is 5.91 Å². The Bertz CT molecular complexity index is 789. The van der Waals surface area contributed by atoms with Crippen LogP contribution < -0.4 is 5.32 Å². The van der Waals surface area contributed by atoms with Gasteiger partial charge < -0.3 is 10.1 Å². The summed E-state index contributed by atoms with van der Waals surface area (Å²) in [5.41, 5.74) is 2.83. The molecule has 0 unspecified atom stereocenters. The summed E-state index contributed by atoms with van der Waals surface area (Å²) in [6.45, 7) is 2.05. The molecular formula is C17H18ClN3O3S. The van der Waals surface area contributed by atoms with Crippen LogP contribution in [0.4, 0.5) is 5.82 Å². The third-order valence-corrected chi connectivity index (χ3v) is 4.96. The normalized spacial score (nSPS) is 12.7. The summed E-state index contributed by atoms with van der Waals surface area (Å²) in [6, 6.07) is 7.27. The maximum Gasteiger partial charge on any atom is 0.306 e. The molecule has 0 spiro atoms. The number of aromatic nitrogens is 2. The number of nitrogens with zero attached hydrogens (tertiary/aromatic N) is 2. The highest BCUT2D eigenvalue weighted by molar-refractivity contribution is 7.98. The molecule has 1 aliphatic heterocycles. The minimum atomic E-state index is -0.371. The van der Waals surface area contributed by atoms with E-state index in [1.54, 1.807) is 35.5 Å². The van der Waals surface area contributed by atoms with Crippen molar-refractivity contribution in [2.24, 2.45) is 0 Å². The highest BCUT2D eigenvalue weighted by atomic mass is 35.5. The number of benzene rings is 1. The summed E-state index contributed by atoms with van der Waals surface area (Å²) < 4.78 is 6.58. The number of ether oxygens (including phenoxy) is 1. The molecule has 6 nitrogen and oxygen atoms in total. The van der Waals surface area contributed by atoms with Crippen molar-refractivity contribution in [3.05, 3.63) is 40.5 Å². The van der Waals surface area contributed by atoms with Gasteiger partial charge in [0.1, 0.15) is 5.82 Å². The second-order valence-corrected chi connectivity index (χ2v) is 6.93. The van der Waals surface area contributed by atoms with Gasteiger partial charge in [0.15, 0.2) is 0 Å². The molecule has 3 rings (SSSR count). The van der Waals surface area contributed by atoms with E-state index in [-0.39, 0.29) is 24.7 Å². The topological polar surface area (TPSA) is 73.2 Å². The van der Waals surface area contributed by atoms with Crippen LogP contribution in [0.15, 0.2) is 24.3 Å². The zero-order valence-corrected chi connectivity index (χ0v) is 15.3. The maximum absolute atomic E-state index is 12.3. The number of fused-ring (bicyclic) bond motifs is 1. The Balaban J connectivity index is 1.79. The molecule has 0 saturated carbocycles. The molecule has 132 valence electrons. The van der Waals surface area contributed by atoms with E-state index in [1.807, 2.05) is 12.1 Å². The zero-order chi connectivity index (χ0) is 17.8. The van der Waals surface area contributed by atoms with Crippen LogP contribution in [0.1, 0.15) is 31.0 Å². The van der Waals surface area contributed by atoms with Gasteiger partial charge in [-0.3, -0.25) is 9.59 Å². The van der Waals surface area contributed by atoms with E-state index in [2.05, 4.69) is 10.4 Å². The molecule has 0 radical (unpaired) electrons. The Morgan fingerprint density at radius 1 is 1.28 bits per heavy atom. The van der Waals surface area contributed by atoms with Crippen molar-refractivity contribution in [3.8, 4) is 5.69 Å². The maximum atomic E-state index is 12.3. The number of rotatable bonds is 6.